The van der Waals surface area contributed by atoms with Crippen LogP contribution in [0.25, 0.3) is 0 Å². The second kappa shape index (κ2) is 14.7. The van der Waals surface area contributed by atoms with E-state index in [1.807, 2.05) is 48.9 Å². The van der Waals surface area contributed by atoms with Crippen molar-refractivity contribution in [2.45, 2.75) is 37.7 Å². The molecular weight excluding hydrogens is 535 g/mol. The lowest BCUT2D eigenvalue weighted by Gasteiger charge is -2.37. The van der Waals surface area contributed by atoms with Crippen LogP contribution in [0.15, 0.2) is 158 Å². The molecule has 4 heteroatoms. The zero-order valence-electron chi connectivity index (χ0n) is 25.2. The second-order valence-corrected chi connectivity index (χ2v) is 13.1. The highest BCUT2D eigenvalue weighted by Crippen LogP contribution is 2.34. The van der Waals surface area contributed by atoms with Gasteiger partial charge in [-0.15, -0.1) is 0 Å². The standard InChI is InChI=1S/C26H28N2Si.C13H11B/c1-3-21-10-14-23(15-11-21)26(28-19-18-27-20-28,29-25-8-6-5-7-9-25)24-16-12-22(4-2)13-17-24;14-13(11-7-3-1-4-8-11)12-9-5-2-6-10-12/h5-20H,3-4,29H2,1-2H3;1-10,13H. The normalized spacial score (nSPS) is 11.4. The van der Waals surface area contributed by atoms with Gasteiger partial charge in [-0.3, -0.25) is 0 Å². The Labute approximate surface area is 260 Å². The molecule has 6 aromatic rings. The number of aromatic nitrogens is 2. The van der Waals surface area contributed by atoms with Crippen LogP contribution < -0.4 is 5.19 Å². The van der Waals surface area contributed by atoms with Crippen molar-refractivity contribution in [3.63, 3.8) is 0 Å². The first-order chi connectivity index (χ1) is 21.1. The fourth-order valence-corrected chi connectivity index (χ4v) is 8.03. The number of benzene rings is 5. The van der Waals surface area contributed by atoms with Crippen LogP contribution in [0.3, 0.4) is 0 Å². The van der Waals surface area contributed by atoms with Gasteiger partial charge in [0.15, 0.2) is 0 Å². The zero-order chi connectivity index (χ0) is 29.9. The van der Waals surface area contributed by atoms with Gasteiger partial charge < -0.3 is 4.57 Å². The minimum atomic E-state index is -0.784. The van der Waals surface area contributed by atoms with Crippen molar-refractivity contribution < 1.29 is 0 Å². The number of hydrogen-bond acceptors (Lipinski definition) is 1. The highest BCUT2D eigenvalue weighted by Gasteiger charge is 2.36. The van der Waals surface area contributed by atoms with Gasteiger partial charge in [-0.1, -0.05) is 159 Å². The van der Waals surface area contributed by atoms with E-state index < -0.39 is 9.52 Å². The lowest BCUT2D eigenvalue weighted by Crippen LogP contribution is -2.46. The molecule has 1 aromatic heterocycles. The fraction of sp³-hybridized carbons (Fsp3) is 0.154. The number of nitrogens with zero attached hydrogens (tertiary/aromatic N) is 2. The van der Waals surface area contributed by atoms with Gasteiger partial charge in [0.1, 0.15) is 0 Å². The van der Waals surface area contributed by atoms with Gasteiger partial charge >= 0.3 is 0 Å². The molecule has 0 aliphatic carbocycles. The Morgan fingerprint density at radius 2 is 1.07 bits per heavy atom. The number of rotatable bonds is 9. The van der Waals surface area contributed by atoms with Gasteiger partial charge in [0.05, 0.1) is 28.9 Å². The van der Waals surface area contributed by atoms with E-state index >= 15 is 0 Å². The van der Waals surface area contributed by atoms with Gasteiger partial charge in [-0.05, 0) is 52.0 Å². The van der Waals surface area contributed by atoms with E-state index in [0.717, 1.165) is 24.0 Å². The van der Waals surface area contributed by atoms with Crippen molar-refractivity contribution in [1.29, 1.82) is 0 Å². The Morgan fingerprint density at radius 3 is 1.47 bits per heavy atom. The van der Waals surface area contributed by atoms with Gasteiger partial charge in [0.2, 0.25) is 0 Å². The van der Waals surface area contributed by atoms with Crippen molar-refractivity contribution >= 4 is 22.6 Å². The second-order valence-electron chi connectivity index (χ2n) is 10.9. The molecule has 5 aromatic carbocycles. The summed E-state index contributed by atoms with van der Waals surface area (Å²) < 4.78 is 2.33. The van der Waals surface area contributed by atoms with Crippen molar-refractivity contribution in [1.82, 2.24) is 9.55 Å². The predicted octanol–water partition coefficient (Wildman–Crippen LogP) is 7.20. The van der Waals surface area contributed by atoms with Crippen LogP contribution in [0, 0.1) is 0 Å². The third kappa shape index (κ3) is 7.15. The third-order valence-electron chi connectivity index (χ3n) is 8.24. The summed E-state index contributed by atoms with van der Waals surface area (Å²) in [4.78, 5) is 4.43. The van der Waals surface area contributed by atoms with Crippen molar-refractivity contribution in [2.75, 3.05) is 0 Å². The molecule has 2 nitrogen and oxygen atoms in total. The van der Waals surface area contributed by atoms with Gasteiger partial charge in [-0.25, -0.2) is 4.98 Å². The van der Waals surface area contributed by atoms with Crippen molar-refractivity contribution in [3.05, 3.63) is 192 Å². The van der Waals surface area contributed by atoms with Crippen LogP contribution >= 0.6 is 0 Å². The average molecular weight is 575 g/mol. The first-order valence-electron chi connectivity index (χ1n) is 15.2. The SMILES string of the molecule is CCc1ccc(C([SiH2]c2ccccc2)(c2ccc(CC)cc2)n2ccnc2)cc1.[B]C(c1ccccc1)c1ccccc1. The van der Waals surface area contributed by atoms with Gasteiger partial charge in [0.25, 0.3) is 0 Å². The molecule has 0 spiro atoms. The van der Waals surface area contributed by atoms with Crippen LogP contribution in [-0.4, -0.2) is 26.9 Å². The smallest absolute Gasteiger partial charge is 0.0965 e. The molecule has 1 heterocycles. The summed E-state index contributed by atoms with van der Waals surface area (Å²) in [7, 11) is 5.33. The van der Waals surface area contributed by atoms with E-state index in [2.05, 4.69) is 133 Å². The Kier molecular flexibility index (Phi) is 10.3. The lowest BCUT2D eigenvalue weighted by atomic mass is 9.76. The molecule has 0 fully saturated rings. The summed E-state index contributed by atoms with van der Waals surface area (Å²) in [6.45, 7) is 4.42. The monoisotopic (exact) mass is 574 g/mol. The summed E-state index contributed by atoms with van der Waals surface area (Å²) in [6.07, 6.45) is 8.11. The maximum Gasteiger partial charge on any atom is 0.0965 e. The number of aryl methyl sites for hydroxylation is 2. The van der Waals surface area contributed by atoms with Gasteiger partial charge in [0, 0.05) is 12.4 Å². The highest BCUT2D eigenvalue weighted by molar-refractivity contribution is 6.57. The summed E-state index contributed by atoms with van der Waals surface area (Å²) in [5, 5.41) is 1.23. The van der Waals surface area contributed by atoms with Crippen LogP contribution in [-0.2, 0) is 18.0 Å². The molecule has 0 unspecified atom stereocenters. The van der Waals surface area contributed by atoms with Crippen LogP contribution in [0.1, 0.15) is 53.0 Å². The number of hydrogen-bond donors (Lipinski definition) is 0. The molecule has 0 atom stereocenters. The zero-order valence-corrected chi connectivity index (χ0v) is 26.6. The predicted molar refractivity (Wildman–Crippen MR) is 185 cm³/mol. The average Bonchev–Trinajstić information content (AvgIpc) is 3.64. The first kappa shape index (κ1) is 30.1. The summed E-state index contributed by atoms with van der Waals surface area (Å²) >= 11 is 0. The molecule has 43 heavy (non-hydrogen) atoms. The number of imidazole rings is 1. The first-order valence-corrected chi connectivity index (χ1v) is 16.6. The quantitative estimate of drug-likeness (QED) is 0.167. The maximum atomic E-state index is 6.12. The van der Waals surface area contributed by atoms with E-state index in [0.29, 0.717) is 0 Å². The molecule has 0 amide bonds. The Morgan fingerprint density at radius 1 is 0.628 bits per heavy atom. The molecule has 2 radical (unpaired) electrons. The molecule has 6 rings (SSSR count). The summed E-state index contributed by atoms with van der Waals surface area (Å²) in [5.41, 5.74) is 7.73. The molecule has 212 valence electrons. The van der Waals surface area contributed by atoms with Crippen molar-refractivity contribution in [3.8, 4) is 0 Å². The Balaban J connectivity index is 0.000000220. The summed E-state index contributed by atoms with van der Waals surface area (Å²) in [6, 6.07) is 49.6. The van der Waals surface area contributed by atoms with E-state index in [-0.39, 0.29) is 11.0 Å². The van der Waals surface area contributed by atoms with Gasteiger partial charge in [-0.2, -0.15) is 0 Å². The third-order valence-corrected chi connectivity index (χ3v) is 10.8. The van der Waals surface area contributed by atoms with Crippen molar-refractivity contribution in [2.24, 2.45) is 0 Å². The molecule has 0 saturated carbocycles. The maximum absolute atomic E-state index is 6.12. The molecule has 0 aliphatic heterocycles. The topological polar surface area (TPSA) is 17.8 Å². The Bertz CT molecular complexity index is 1550. The molecule has 0 saturated heterocycles. The molecular formula is C39H39BN2Si. The van der Waals surface area contributed by atoms with Crippen LogP contribution in [0.2, 0.25) is 0 Å². The molecule has 0 N–H and O–H groups in total. The highest BCUT2D eigenvalue weighted by atomic mass is 28.2. The Hall–Kier alpha value is -4.41. The lowest BCUT2D eigenvalue weighted by molar-refractivity contribution is 0.596. The van der Waals surface area contributed by atoms with Crippen LogP contribution in [0.5, 0.6) is 0 Å². The molecule has 0 aliphatic rings. The van der Waals surface area contributed by atoms with E-state index in [1.54, 1.807) is 0 Å². The molecule has 0 bridgehead atoms. The van der Waals surface area contributed by atoms with E-state index in [1.165, 1.54) is 27.4 Å². The van der Waals surface area contributed by atoms with E-state index in [9.17, 15) is 0 Å². The minimum absolute atomic E-state index is 0.0163. The van der Waals surface area contributed by atoms with Crippen LogP contribution in [0.4, 0.5) is 0 Å². The largest absolute Gasteiger partial charge is 0.326 e. The summed E-state index contributed by atoms with van der Waals surface area (Å²) in [5.74, 6) is -0.0163. The fourth-order valence-electron chi connectivity index (χ4n) is 5.68. The van der Waals surface area contributed by atoms with E-state index in [4.69, 9.17) is 7.85 Å². The minimum Gasteiger partial charge on any atom is -0.326 e.